The molecule has 0 aliphatic carbocycles. The second-order valence-corrected chi connectivity index (χ2v) is 8.56. The first kappa shape index (κ1) is 18.6. The molecule has 134 valence electrons. The number of carbonyl (C=O) groups excluding carboxylic acids is 1. The van der Waals surface area contributed by atoms with E-state index in [1.807, 2.05) is 40.7 Å². The van der Waals surface area contributed by atoms with Crippen LogP contribution in [0, 0.1) is 0 Å². The van der Waals surface area contributed by atoms with E-state index in [-0.39, 0.29) is 5.91 Å². The minimum absolute atomic E-state index is 0.0174. The molecule has 0 aliphatic rings. The van der Waals surface area contributed by atoms with Gasteiger partial charge in [-0.3, -0.25) is 14.8 Å². The van der Waals surface area contributed by atoms with E-state index in [4.69, 9.17) is 0 Å². The maximum absolute atomic E-state index is 12.3. The van der Waals surface area contributed by atoms with Crippen LogP contribution >= 0.6 is 23.1 Å². The smallest absolute Gasteiger partial charge is 0.224 e. The summed E-state index contributed by atoms with van der Waals surface area (Å²) in [5.74, 6) is -0.0174. The molecule has 0 unspecified atom stereocenters. The third-order valence-electron chi connectivity index (χ3n) is 3.68. The van der Waals surface area contributed by atoms with Crippen molar-refractivity contribution in [1.29, 1.82) is 0 Å². The third-order valence-corrected chi connectivity index (χ3v) is 5.38. The van der Waals surface area contributed by atoms with Gasteiger partial charge in [0.25, 0.3) is 0 Å². The summed E-state index contributed by atoms with van der Waals surface area (Å²) in [6.07, 6.45) is 3.69. The van der Waals surface area contributed by atoms with Crippen LogP contribution in [0.15, 0.2) is 58.4 Å². The number of thiophene rings is 1. The van der Waals surface area contributed by atoms with Gasteiger partial charge in [0.05, 0.1) is 24.4 Å². The highest BCUT2D eigenvalue weighted by Gasteiger charge is 2.10. The largest absolute Gasteiger partial charge is 0.350 e. The van der Waals surface area contributed by atoms with E-state index in [0.29, 0.717) is 18.2 Å². The Hall–Kier alpha value is -2.18. The van der Waals surface area contributed by atoms with E-state index >= 15 is 0 Å². The minimum Gasteiger partial charge on any atom is -0.350 e. The number of nitrogens with zero attached hydrogens (tertiary/aromatic N) is 2. The average Bonchev–Trinajstić information content (AvgIpc) is 3.16. The lowest BCUT2D eigenvalue weighted by Crippen LogP contribution is -2.25. The van der Waals surface area contributed by atoms with Crippen molar-refractivity contribution in [2.45, 2.75) is 37.0 Å². The van der Waals surface area contributed by atoms with Crippen LogP contribution in [-0.4, -0.2) is 21.1 Å². The third kappa shape index (κ3) is 5.16. The summed E-state index contributed by atoms with van der Waals surface area (Å²) in [5.41, 5.74) is 3.64. The highest BCUT2D eigenvalue weighted by atomic mass is 32.2. The number of nitrogens with one attached hydrogen (secondary N) is 1. The lowest BCUT2D eigenvalue weighted by molar-refractivity contribution is -0.120. The first-order valence-corrected chi connectivity index (χ1v) is 10.3. The SMILES string of the molecule is CC(C)Sc1ccc(CC(=O)NCc2nccnc2-c2ccsc2)cc1. The van der Waals surface area contributed by atoms with Crippen molar-refractivity contribution in [3.05, 3.63) is 64.7 Å². The first-order valence-electron chi connectivity index (χ1n) is 8.46. The van der Waals surface area contributed by atoms with E-state index in [1.54, 1.807) is 23.7 Å². The lowest BCUT2D eigenvalue weighted by atomic mass is 10.1. The van der Waals surface area contributed by atoms with E-state index in [0.717, 1.165) is 22.5 Å². The molecule has 1 aromatic carbocycles. The molecule has 0 aliphatic heterocycles. The molecule has 0 saturated heterocycles. The second-order valence-electron chi connectivity index (χ2n) is 6.13. The van der Waals surface area contributed by atoms with E-state index in [9.17, 15) is 4.79 Å². The fraction of sp³-hybridized carbons (Fsp3) is 0.250. The van der Waals surface area contributed by atoms with Crippen molar-refractivity contribution >= 4 is 29.0 Å². The van der Waals surface area contributed by atoms with Crippen molar-refractivity contribution in [3.63, 3.8) is 0 Å². The molecule has 0 bridgehead atoms. The number of rotatable bonds is 7. The highest BCUT2D eigenvalue weighted by molar-refractivity contribution is 7.99. The zero-order valence-electron chi connectivity index (χ0n) is 14.8. The van der Waals surface area contributed by atoms with Gasteiger partial charge in [-0.1, -0.05) is 26.0 Å². The van der Waals surface area contributed by atoms with Gasteiger partial charge < -0.3 is 5.32 Å². The van der Waals surface area contributed by atoms with Crippen molar-refractivity contribution in [2.24, 2.45) is 0 Å². The molecule has 3 rings (SSSR count). The molecular formula is C20H21N3OS2. The Morgan fingerprint density at radius 1 is 1.15 bits per heavy atom. The second kappa shape index (κ2) is 8.96. The molecule has 0 spiro atoms. The topological polar surface area (TPSA) is 54.9 Å². The molecule has 26 heavy (non-hydrogen) atoms. The normalized spacial score (nSPS) is 10.9. The quantitative estimate of drug-likeness (QED) is 0.608. The van der Waals surface area contributed by atoms with Gasteiger partial charge in [0.15, 0.2) is 0 Å². The number of carbonyl (C=O) groups is 1. The average molecular weight is 384 g/mol. The molecule has 3 aromatic rings. The van der Waals surface area contributed by atoms with Crippen LogP contribution in [0.5, 0.6) is 0 Å². The first-order chi connectivity index (χ1) is 12.6. The zero-order chi connectivity index (χ0) is 18.4. The Bertz CT molecular complexity index is 846. The molecule has 1 N–H and O–H groups in total. The maximum atomic E-state index is 12.3. The molecule has 2 aromatic heterocycles. The number of aromatic nitrogens is 2. The van der Waals surface area contributed by atoms with Crippen LogP contribution < -0.4 is 5.32 Å². The van der Waals surface area contributed by atoms with Crippen LogP contribution in [0.4, 0.5) is 0 Å². The fourth-order valence-electron chi connectivity index (χ4n) is 2.52. The highest BCUT2D eigenvalue weighted by Crippen LogP contribution is 2.23. The van der Waals surface area contributed by atoms with Crippen molar-refractivity contribution in [1.82, 2.24) is 15.3 Å². The summed E-state index contributed by atoms with van der Waals surface area (Å²) < 4.78 is 0. The Morgan fingerprint density at radius 2 is 1.92 bits per heavy atom. The van der Waals surface area contributed by atoms with Gasteiger partial charge in [-0.15, -0.1) is 11.8 Å². The summed E-state index contributed by atoms with van der Waals surface area (Å²) in [6.45, 7) is 4.71. The monoisotopic (exact) mass is 383 g/mol. The van der Waals surface area contributed by atoms with E-state index in [2.05, 4.69) is 41.3 Å². The fourth-order valence-corrected chi connectivity index (χ4v) is 4.00. The minimum atomic E-state index is -0.0174. The molecule has 4 nitrogen and oxygen atoms in total. The van der Waals surface area contributed by atoms with Crippen molar-refractivity contribution in [2.75, 3.05) is 0 Å². The van der Waals surface area contributed by atoms with Gasteiger partial charge in [0.1, 0.15) is 0 Å². The van der Waals surface area contributed by atoms with Crippen LogP contribution in [0.2, 0.25) is 0 Å². The Morgan fingerprint density at radius 3 is 2.62 bits per heavy atom. The Balaban J connectivity index is 1.58. The molecule has 0 atom stereocenters. The molecule has 1 amide bonds. The van der Waals surface area contributed by atoms with Gasteiger partial charge in [-0.25, -0.2) is 0 Å². The van der Waals surface area contributed by atoms with Crippen LogP contribution in [0.3, 0.4) is 0 Å². The predicted molar refractivity (Wildman–Crippen MR) is 108 cm³/mol. The van der Waals surface area contributed by atoms with Crippen LogP contribution in [0.1, 0.15) is 25.1 Å². The number of benzene rings is 1. The van der Waals surface area contributed by atoms with Crippen LogP contribution in [-0.2, 0) is 17.8 Å². The van der Waals surface area contributed by atoms with Gasteiger partial charge in [0.2, 0.25) is 5.91 Å². The van der Waals surface area contributed by atoms with Gasteiger partial charge in [-0.2, -0.15) is 11.3 Å². The maximum Gasteiger partial charge on any atom is 0.224 e. The molecule has 0 saturated carbocycles. The summed E-state index contributed by atoms with van der Waals surface area (Å²) in [7, 11) is 0. The number of thioether (sulfide) groups is 1. The van der Waals surface area contributed by atoms with Gasteiger partial charge in [0, 0.05) is 33.5 Å². The van der Waals surface area contributed by atoms with Crippen molar-refractivity contribution in [3.8, 4) is 11.3 Å². The summed E-state index contributed by atoms with van der Waals surface area (Å²) in [4.78, 5) is 22.3. The number of amides is 1. The lowest BCUT2D eigenvalue weighted by Gasteiger charge is -2.09. The molecule has 6 heteroatoms. The summed E-state index contributed by atoms with van der Waals surface area (Å²) in [5, 5.41) is 7.54. The van der Waals surface area contributed by atoms with E-state index in [1.165, 1.54) is 4.90 Å². The molecular weight excluding hydrogens is 362 g/mol. The van der Waals surface area contributed by atoms with E-state index < -0.39 is 0 Å². The molecule has 2 heterocycles. The Labute approximate surface area is 162 Å². The molecule has 0 fully saturated rings. The summed E-state index contributed by atoms with van der Waals surface area (Å²) >= 11 is 3.44. The Kier molecular flexibility index (Phi) is 6.41. The standard InChI is InChI=1S/C20H21N3OS2/c1-14(2)26-17-5-3-15(4-6-17)11-19(24)23-12-18-20(22-9-8-21-18)16-7-10-25-13-16/h3-10,13-14H,11-12H2,1-2H3,(H,23,24). The number of hydrogen-bond acceptors (Lipinski definition) is 5. The van der Waals surface area contributed by atoms with Gasteiger partial charge in [-0.05, 0) is 29.1 Å². The summed E-state index contributed by atoms with van der Waals surface area (Å²) in [6, 6.07) is 10.2. The number of hydrogen-bond donors (Lipinski definition) is 1. The molecule has 0 radical (unpaired) electrons. The van der Waals surface area contributed by atoms with Gasteiger partial charge >= 0.3 is 0 Å². The van der Waals surface area contributed by atoms with Crippen LogP contribution in [0.25, 0.3) is 11.3 Å². The zero-order valence-corrected chi connectivity index (χ0v) is 16.4. The predicted octanol–water partition coefficient (Wildman–Crippen LogP) is 4.56. The van der Waals surface area contributed by atoms with Crippen molar-refractivity contribution < 1.29 is 4.79 Å².